The molecule has 1 N–H and O–H groups in total. The Balaban J connectivity index is 2.17. The molecular formula is C15H16ClN3O2S. The molecular weight excluding hydrogens is 322 g/mol. The van der Waals surface area contributed by atoms with Gasteiger partial charge in [0.2, 0.25) is 5.91 Å². The zero-order valence-corrected chi connectivity index (χ0v) is 13.9. The van der Waals surface area contributed by atoms with Crippen molar-refractivity contribution in [2.45, 2.75) is 6.92 Å². The lowest BCUT2D eigenvalue weighted by molar-refractivity contribution is -0.121. The van der Waals surface area contributed by atoms with Gasteiger partial charge < -0.3 is 10.2 Å². The maximum Gasteiger partial charge on any atom is 0.273 e. The highest BCUT2D eigenvalue weighted by molar-refractivity contribution is 7.13. The lowest BCUT2D eigenvalue weighted by Gasteiger charge is -2.18. The van der Waals surface area contributed by atoms with Crippen molar-refractivity contribution in [3.63, 3.8) is 0 Å². The second-order valence-corrected chi connectivity index (χ2v) is 5.83. The summed E-state index contributed by atoms with van der Waals surface area (Å²) in [7, 11) is 1.54. The normalized spacial score (nSPS) is 10.3. The maximum atomic E-state index is 12.4. The van der Waals surface area contributed by atoms with Crippen molar-refractivity contribution in [2.75, 3.05) is 20.1 Å². The summed E-state index contributed by atoms with van der Waals surface area (Å²) in [5, 5.41) is 5.61. The van der Waals surface area contributed by atoms with Crippen molar-refractivity contribution < 1.29 is 9.59 Å². The fourth-order valence-corrected chi connectivity index (χ4v) is 2.76. The number of halogens is 1. The molecule has 116 valence electrons. The van der Waals surface area contributed by atoms with E-state index >= 15 is 0 Å². The number of hydrogen-bond acceptors (Lipinski definition) is 4. The molecule has 0 unspecified atom stereocenters. The van der Waals surface area contributed by atoms with Crippen molar-refractivity contribution >= 4 is 34.8 Å². The number of hydrogen-bond donors (Lipinski definition) is 1. The molecule has 0 fully saturated rings. The summed E-state index contributed by atoms with van der Waals surface area (Å²) in [6.45, 7) is 2.30. The first-order valence-corrected chi connectivity index (χ1v) is 8.02. The van der Waals surface area contributed by atoms with E-state index in [2.05, 4.69) is 10.3 Å². The number of carbonyl (C=O) groups is 2. The summed E-state index contributed by atoms with van der Waals surface area (Å²) in [6.07, 6.45) is 0. The van der Waals surface area contributed by atoms with E-state index in [1.807, 2.05) is 19.1 Å². The van der Waals surface area contributed by atoms with Crippen LogP contribution in [0.1, 0.15) is 17.4 Å². The summed E-state index contributed by atoms with van der Waals surface area (Å²) in [6, 6.07) is 7.28. The minimum Gasteiger partial charge on any atom is -0.358 e. The van der Waals surface area contributed by atoms with E-state index in [4.69, 9.17) is 11.6 Å². The minimum atomic E-state index is -0.248. The van der Waals surface area contributed by atoms with Gasteiger partial charge in [-0.2, -0.15) is 0 Å². The summed E-state index contributed by atoms with van der Waals surface area (Å²) < 4.78 is 0. The molecule has 0 atom stereocenters. The predicted molar refractivity (Wildman–Crippen MR) is 88.2 cm³/mol. The Labute approximate surface area is 137 Å². The van der Waals surface area contributed by atoms with Gasteiger partial charge in [0.1, 0.15) is 10.7 Å². The molecule has 0 aliphatic carbocycles. The highest BCUT2D eigenvalue weighted by Gasteiger charge is 2.19. The van der Waals surface area contributed by atoms with Crippen LogP contribution >= 0.6 is 22.9 Å². The molecule has 1 heterocycles. The quantitative estimate of drug-likeness (QED) is 0.912. The molecule has 1 aromatic carbocycles. The van der Waals surface area contributed by atoms with Crippen molar-refractivity contribution in [3.05, 3.63) is 40.4 Å². The molecule has 0 aliphatic rings. The fraction of sp³-hybridized carbons (Fsp3) is 0.267. The summed E-state index contributed by atoms with van der Waals surface area (Å²) in [5.74, 6) is -0.453. The van der Waals surface area contributed by atoms with Crippen LogP contribution in [0.4, 0.5) is 0 Å². The van der Waals surface area contributed by atoms with Gasteiger partial charge in [-0.15, -0.1) is 11.3 Å². The van der Waals surface area contributed by atoms with Crippen LogP contribution in [0.3, 0.4) is 0 Å². The van der Waals surface area contributed by atoms with Crippen molar-refractivity contribution in [3.8, 4) is 10.6 Å². The van der Waals surface area contributed by atoms with Gasteiger partial charge >= 0.3 is 0 Å². The Hall–Kier alpha value is -1.92. The molecule has 0 radical (unpaired) electrons. The molecule has 2 aromatic rings. The number of thiazole rings is 1. The van der Waals surface area contributed by atoms with E-state index in [1.54, 1.807) is 24.6 Å². The highest BCUT2D eigenvalue weighted by atomic mass is 35.5. The van der Waals surface area contributed by atoms with Crippen molar-refractivity contribution in [1.82, 2.24) is 15.2 Å². The van der Waals surface area contributed by atoms with E-state index in [0.717, 1.165) is 10.6 Å². The predicted octanol–water partition coefficient (Wildman–Crippen LogP) is 2.67. The maximum absolute atomic E-state index is 12.4. The molecule has 0 bridgehead atoms. The van der Waals surface area contributed by atoms with E-state index in [9.17, 15) is 9.59 Å². The topological polar surface area (TPSA) is 62.3 Å². The summed E-state index contributed by atoms with van der Waals surface area (Å²) in [5.41, 5.74) is 1.25. The third-order valence-corrected chi connectivity index (χ3v) is 4.24. The van der Waals surface area contributed by atoms with Crippen molar-refractivity contribution in [2.24, 2.45) is 0 Å². The molecule has 0 saturated carbocycles. The number of amides is 2. The van der Waals surface area contributed by atoms with Gasteiger partial charge in [0.25, 0.3) is 5.91 Å². The third-order valence-electron chi connectivity index (χ3n) is 3.10. The Kier molecular flexibility index (Phi) is 5.51. The molecule has 22 heavy (non-hydrogen) atoms. The molecule has 5 nitrogen and oxygen atoms in total. The zero-order chi connectivity index (χ0) is 16.1. The molecule has 0 spiro atoms. The molecule has 2 amide bonds. The Morgan fingerprint density at radius 2 is 2.00 bits per heavy atom. The highest BCUT2D eigenvalue weighted by Crippen LogP contribution is 2.25. The monoisotopic (exact) mass is 337 g/mol. The van der Waals surface area contributed by atoms with Crippen LogP contribution in [-0.2, 0) is 4.79 Å². The third kappa shape index (κ3) is 3.84. The fourth-order valence-electron chi connectivity index (χ4n) is 1.84. The second kappa shape index (κ2) is 7.38. The average molecular weight is 338 g/mol. The van der Waals surface area contributed by atoms with Crippen LogP contribution in [-0.4, -0.2) is 41.8 Å². The van der Waals surface area contributed by atoms with Crippen LogP contribution in [0.2, 0.25) is 5.02 Å². The van der Waals surface area contributed by atoms with Crippen LogP contribution in [0.15, 0.2) is 29.6 Å². The molecule has 0 saturated heterocycles. The number of benzene rings is 1. The summed E-state index contributed by atoms with van der Waals surface area (Å²) >= 11 is 7.25. The van der Waals surface area contributed by atoms with Crippen LogP contribution in [0.25, 0.3) is 10.6 Å². The van der Waals surface area contributed by atoms with E-state index in [-0.39, 0.29) is 18.4 Å². The summed E-state index contributed by atoms with van der Waals surface area (Å²) in [4.78, 5) is 29.7. The van der Waals surface area contributed by atoms with Gasteiger partial charge in [0.05, 0.1) is 6.54 Å². The zero-order valence-electron chi connectivity index (χ0n) is 12.3. The largest absolute Gasteiger partial charge is 0.358 e. The molecule has 2 rings (SSSR count). The van der Waals surface area contributed by atoms with E-state index in [0.29, 0.717) is 17.3 Å². The number of rotatable bonds is 5. The van der Waals surface area contributed by atoms with Gasteiger partial charge in [-0.05, 0) is 19.1 Å². The molecule has 1 aromatic heterocycles. The molecule has 0 aliphatic heterocycles. The van der Waals surface area contributed by atoms with E-state index < -0.39 is 0 Å². The van der Waals surface area contributed by atoms with Gasteiger partial charge in [-0.1, -0.05) is 23.7 Å². The van der Waals surface area contributed by atoms with Gasteiger partial charge in [-0.25, -0.2) is 4.98 Å². The lowest BCUT2D eigenvalue weighted by Crippen LogP contribution is -2.39. The first-order valence-electron chi connectivity index (χ1n) is 6.76. The average Bonchev–Trinajstić information content (AvgIpc) is 3.02. The lowest BCUT2D eigenvalue weighted by atomic mass is 10.2. The number of aromatic nitrogens is 1. The van der Waals surface area contributed by atoms with Crippen molar-refractivity contribution in [1.29, 1.82) is 0 Å². The Bertz CT molecular complexity index is 670. The van der Waals surface area contributed by atoms with Crippen LogP contribution in [0.5, 0.6) is 0 Å². The number of carbonyl (C=O) groups excluding carboxylic acids is 2. The Morgan fingerprint density at radius 1 is 1.32 bits per heavy atom. The van der Waals surface area contributed by atoms with Gasteiger partial charge in [-0.3, -0.25) is 9.59 Å². The standard InChI is InChI=1S/C15H16ClN3O2S/c1-3-19(8-13(20)17-2)15(21)12-9-22-14(18-12)10-4-6-11(16)7-5-10/h4-7,9H,3,8H2,1-2H3,(H,17,20). The number of nitrogens with one attached hydrogen (secondary N) is 1. The van der Waals surface area contributed by atoms with Crippen LogP contribution in [0, 0.1) is 0 Å². The first-order chi connectivity index (χ1) is 10.5. The van der Waals surface area contributed by atoms with Gasteiger partial charge in [0, 0.05) is 29.6 Å². The smallest absolute Gasteiger partial charge is 0.273 e. The van der Waals surface area contributed by atoms with E-state index in [1.165, 1.54) is 16.2 Å². The second-order valence-electron chi connectivity index (χ2n) is 4.54. The SMILES string of the molecule is CCN(CC(=O)NC)C(=O)c1csc(-c2ccc(Cl)cc2)n1. The van der Waals surface area contributed by atoms with Gasteiger partial charge in [0.15, 0.2) is 0 Å². The van der Waals surface area contributed by atoms with Crippen LogP contribution < -0.4 is 5.32 Å². The Morgan fingerprint density at radius 3 is 2.59 bits per heavy atom. The minimum absolute atomic E-state index is 0.0274. The number of likely N-dealkylation sites (N-methyl/N-ethyl adjacent to an activating group) is 2. The number of nitrogens with zero attached hydrogens (tertiary/aromatic N) is 2. The molecule has 7 heteroatoms. The first kappa shape index (κ1) is 16.5.